The molecule has 0 aliphatic heterocycles. The van der Waals surface area contributed by atoms with Gasteiger partial charge in [-0.3, -0.25) is 5.43 Å². The maximum atomic E-state index is 9.51. The summed E-state index contributed by atoms with van der Waals surface area (Å²) >= 11 is 5.57. The summed E-state index contributed by atoms with van der Waals surface area (Å²) in [5.41, 5.74) is 2.79. The predicted octanol–water partition coefficient (Wildman–Crippen LogP) is 1.69. The van der Waals surface area contributed by atoms with Crippen LogP contribution in [0.15, 0.2) is 29.4 Å². The van der Waals surface area contributed by atoms with Gasteiger partial charge in [-0.2, -0.15) is 5.10 Å². The normalized spacial score (nSPS) is 10.8. The van der Waals surface area contributed by atoms with Crippen molar-refractivity contribution in [2.24, 2.45) is 5.10 Å². The molecule has 19 heavy (non-hydrogen) atoms. The van der Waals surface area contributed by atoms with Crippen molar-refractivity contribution in [1.29, 1.82) is 0 Å². The molecule has 4 N–H and O–H groups in total. The molecule has 0 spiro atoms. The molecule has 7 nitrogen and oxygen atoms in total. The molecule has 0 bridgehead atoms. The largest absolute Gasteiger partial charge is 0.507 e. The number of nitrogens with one attached hydrogen (secondary N) is 1. The van der Waals surface area contributed by atoms with E-state index < -0.39 is 5.75 Å². The van der Waals surface area contributed by atoms with Crippen LogP contribution in [0, 0.1) is 0 Å². The minimum atomic E-state index is -0.411. The number of halogens is 1. The average Bonchev–Trinajstić information content (AvgIpc) is 2.38. The fraction of sp³-hybridized carbons (Fsp3) is 0. The van der Waals surface area contributed by atoms with Gasteiger partial charge in [-0.05, 0) is 18.2 Å². The lowest BCUT2D eigenvalue weighted by molar-refractivity contribution is 0.396. The molecule has 1 aromatic carbocycles. The number of rotatable bonds is 3. The topological polar surface area (TPSA) is 111 Å². The van der Waals surface area contributed by atoms with Crippen LogP contribution in [0.25, 0.3) is 0 Å². The zero-order valence-electron chi connectivity index (χ0n) is 9.45. The quantitative estimate of drug-likeness (QED) is 0.295. The summed E-state index contributed by atoms with van der Waals surface area (Å²) in [6.45, 7) is 0. The first-order valence-corrected chi connectivity index (χ1v) is 5.47. The summed E-state index contributed by atoms with van der Waals surface area (Å²) in [7, 11) is 0. The van der Waals surface area contributed by atoms with E-state index >= 15 is 0 Å². The first kappa shape index (κ1) is 12.9. The number of nitrogens with zero attached hydrogens (tertiary/aromatic N) is 3. The second-order valence-electron chi connectivity index (χ2n) is 3.51. The highest BCUT2D eigenvalue weighted by Crippen LogP contribution is 2.31. The smallest absolute Gasteiger partial charge is 0.168 e. The Morgan fingerprint density at radius 3 is 2.47 bits per heavy atom. The maximum Gasteiger partial charge on any atom is 0.168 e. The van der Waals surface area contributed by atoms with Gasteiger partial charge in [0.25, 0.3) is 0 Å². The average molecular weight is 281 g/mol. The highest BCUT2D eigenvalue weighted by atomic mass is 35.5. The van der Waals surface area contributed by atoms with Crippen LogP contribution in [-0.2, 0) is 0 Å². The van der Waals surface area contributed by atoms with E-state index in [2.05, 4.69) is 20.7 Å². The van der Waals surface area contributed by atoms with Crippen LogP contribution in [0.1, 0.15) is 5.56 Å². The van der Waals surface area contributed by atoms with Gasteiger partial charge in [-0.25, -0.2) is 0 Å². The van der Waals surface area contributed by atoms with Gasteiger partial charge in [0, 0.05) is 11.6 Å². The summed E-state index contributed by atoms with van der Waals surface area (Å²) in [6.07, 6.45) is 1.25. The van der Waals surface area contributed by atoms with Crippen molar-refractivity contribution in [3.05, 3.63) is 35.0 Å². The lowest BCUT2D eigenvalue weighted by atomic mass is 10.2. The molecule has 0 fully saturated rings. The lowest BCUT2D eigenvalue weighted by Crippen LogP contribution is -1.95. The standard InChI is InChI=1S/C11H9ClN4O3/c12-10-1-2-11(16-14-10)15-13-5-6-3-8(18)9(19)4-7(6)17/h1-5,17-19H,(H,15,16). The third-order valence-electron chi connectivity index (χ3n) is 2.14. The first-order chi connectivity index (χ1) is 9.06. The van der Waals surface area contributed by atoms with Crippen molar-refractivity contribution >= 4 is 23.6 Å². The number of hydrogen-bond donors (Lipinski definition) is 4. The Bertz CT molecular complexity index is 616. The van der Waals surface area contributed by atoms with Crippen molar-refractivity contribution in [3.63, 3.8) is 0 Å². The summed E-state index contributed by atoms with van der Waals surface area (Å²) in [6, 6.07) is 5.29. The van der Waals surface area contributed by atoms with E-state index in [9.17, 15) is 10.2 Å². The van der Waals surface area contributed by atoms with Gasteiger partial charge < -0.3 is 15.3 Å². The third kappa shape index (κ3) is 3.23. The number of phenolic OH excluding ortho intramolecular Hbond substituents is 3. The van der Waals surface area contributed by atoms with Crippen molar-refractivity contribution in [3.8, 4) is 17.2 Å². The Hall–Kier alpha value is -2.54. The molecule has 0 unspecified atom stereocenters. The molecule has 0 aliphatic rings. The second kappa shape index (κ2) is 5.40. The molecule has 0 saturated heterocycles. The van der Waals surface area contributed by atoms with E-state index in [4.69, 9.17) is 16.7 Å². The summed E-state index contributed by atoms with van der Waals surface area (Å²) < 4.78 is 0. The summed E-state index contributed by atoms with van der Waals surface area (Å²) in [4.78, 5) is 0. The first-order valence-electron chi connectivity index (χ1n) is 5.09. The van der Waals surface area contributed by atoms with Crippen LogP contribution >= 0.6 is 11.6 Å². The molecule has 1 aromatic heterocycles. The van der Waals surface area contributed by atoms with Gasteiger partial charge in [0.1, 0.15) is 5.75 Å². The number of phenols is 3. The second-order valence-corrected chi connectivity index (χ2v) is 3.90. The monoisotopic (exact) mass is 280 g/mol. The number of anilines is 1. The van der Waals surface area contributed by atoms with E-state index in [0.717, 1.165) is 6.07 Å². The molecule has 0 radical (unpaired) electrons. The van der Waals surface area contributed by atoms with Crippen molar-refractivity contribution in [2.45, 2.75) is 0 Å². The van der Waals surface area contributed by atoms with Crippen LogP contribution in [-0.4, -0.2) is 31.7 Å². The third-order valence-corrected chi connectivity index (χ3v) is 2.34. The molecule has 2 rings (SSSR count). The van der Waals surface area contributed by atoms with Crippen molar-refractivity contribution < 1.29 is 15.3 Å². The molecule has 8 heteroatoms. The van der Waals surface area contributed by atoms with E-state index in [-0.39, 0.29) is 22.2 Å². The minimum Gasteiger partial charge on any atom is -0.507 e. The van der Waals surface area contributed by atoms with E-state index in [1.165, 1.54) is 18.3 Å². The molecular weight excluding hydrogens is 272 g/mol. The van der Waals surface area contributed by atoms with Crippen LogP contribution in [0.4, 0.5) is 5.82 Å². The SMILES string of the molecule is Oc1cc(O)c(C=NNc2ccc(Cl)nn2)cc1O. The van der Waals surface area contributed by atoms with Gasteiger partial charge >= 0.3 is 0 Å². The fourth-order valence-electron chi connectivity index (χ4n) is 1.23. The van der Waals surface area contributed by atoms with E-state index in [1.54, 1.807) is 6.07 Å². The Labute approximate surface area is 112 Å². The Kier molecular flexibility index (Phi) is 3.67. The van der Waals surface area contributed by atoms with E-state index in [0.29, 0.717) is 5.82 Å². The van der Waals surface area contributed by atoms with Gasteiger partial charge in [0.05, 0.1) is 6.21 Å². The number of aromatic nitrogens is 2. The van der Waals surface area contributed by atoms with Crippen LogP contribution in [0.2, 0.25) is 5.15 Å². The van der Waals surface area contributed by atoms with Gasteiger partial charge in [-0.1, -0.05) is 11.6 Å². The number of benzene rings is 1. The molecule has 0 amide bonds. The highest BCUT2D eigenvalue weighted by Gasteiger charge is 2.05. The fourth-order valence-corrected chi connectivity index (χ4v) is 1.33. The number of hydrogen-bond acceptors (Lipinski definition) is 7. The predicted molar refractivity (Wildman–Crippen MR) is 69.7 cm³/mol. The van der Waals surface area contributed by atoms with Crippen LogP contribution < -0.4 is 5.43 Å². The summed E-state index contributed by atoms with van der Waals surface area (Å²) in [5, 5.41) is 39.3. The zero-order chi connectivity index (χ0) is 13.8. The molecular formula is C11H9ClN4O3. The summed E-state index contributed by atoms with van der Waals surface area (Å²) in [5.74, 6) is -0.622. The lowest BCUT2D eigenvalue weighted by Gasteiger charge is -2.02. The van der Waals surface area contributed by atoms with Gasteiger partial charge in [0.15, 0.2) is 22.5 Å². The van der Waals surface area contributed by atoms with Crippen LogP contribution in [0.3, 0.4) is 0 Å². The zero-order valence-corrected chi connectivity index (χ0v) is 10.2. The molecule has 0 saturated carbocycles. The molecule has 98 valence electrons. The molecule has 0 aliphatic carbocycles. The molecule has 2 aromatic rings. The minimum absolute atomic E-state index is 0.219. The highest BCUT2D eigenvalue weighted by molar-refractivity contribution is 6.29. The number of hydrazone groups is 1. The van der Waals surface area contributed by atoms with Crippen molar-refractivity contribution in [2.75, 3.05) is 5.43 Å². The molecule has 1 heterocycles. The van der Waals surface area contributed by atoms with E-state index in [1.807, 2.05) is 0 Å². The Morgan fingerprint density at radius 2 is 1.79 bits per heavy atom. The van der Waals surface area contributed by atoms with Crippen LogP contribution in [0.5, 0.6) is 17.2 Å². The Balaban J connectivity index is 2.11. The molecule has 0 atom stereocenters. The van der Waals surface area contributed by atoms with Gasteiger partial charge in [0.2, 0.25) is 0 Å². The van der Waals surface area contributed by atoms with Gasteiger partial charge in [-0.15, -0.1) is 10.2 Å². The number of aromatic hydroxyl groups is 3. The Morgan fingerprint density at radius 1 is 1.05 bits per heavy atom. The maximum absolute atomic E-state index is 9.51. The van der Waals surface area contributed by atoms with Crippen molar-refractivity contribution in [1.82, 2.24) is 10.2 Å².